The van der Waals surface area contributed by atoms with Crippen molar-refractivity contribution >= 4 is 5.97 Å². The van der Waals surface area contributed by atoms with E-state index in [1.54, 1.807) is 6.07 Å². The van der Waals surface area contributed by atoms with Gasteiger partial charge < -0.3 is 9.84 Å². The molecular weight excluding hydrogens is 199 g/mol. The monoisotopic (exact) mass is 212 g/mol. The van der Waals surface area contributed by atoms with Gasteiger partial charge in [0.05, 0.1) is 12.5 Å². The summed E-state index contributed by atoms with van der Waals surface area (Å²) in [5.41, 5.74) is 0.888. The van der Waals surface area contributed by atoms with Gasteiger partial charge in [-0.05, 0) is 18.6 Å². The van der Waals surface area contributed by atoms with Gasteiger partial charge in [0.15, 0.2) is 0 Å². The number of carbonyl (C=O) groups is 1. The van der Waals surface area contributed by atoms with Gasteiger partial charge in [0, 0.05) is 12.7 Å². The number of hydrogen-bond acceptors (Lipinski definition) is 2. The van der Waals surface area contributed by atoms with Gasteiger partial charge in [0.25, 0.3) is 0 Å². The fourth-order valence-corrected chi connectivity index (χ4v) is 1.31. The highest BCUT2D eigenvalue weighted by Gasteiger charge is 2.17. The molecule has 0 heterocycles. The standard InChI is InChI=1S/C11H13FO3/c1-7(11(13)14)9-4-3-8(6-15-2)5-10(9)12/h3-5,7H,6H2,1-2H3,(H,13,14). The van der Waals surface area contributed by atoms with Crippen LogP contribution < -0.4 is 0 Å². The number of carboxylic acids is 1. The van der Waals surface area contributed by atoms with Gasteiger partial charge >= 0.3 is 5.97 Å². The summed E-state index contributed by atoms with van der Waals surface area (Å²) in [5.74, 6) is -2.37. The molecule has 1 aromatic carbocycles. The topological polar surface area (TPSA) is 46.5 Å². The average molecular weight is 212 g/mol. The van der Waals surface area contributed by atoms with Crippen molar-refractivity contribution in [2.75, 3.05) is 7.11 Å². The van der Waals surface area contributed by atoms with Gasteiger partial charge in [-0.15, -0.1) is 0 Å². The minimum atomic E-state index is -1.03. The molecule has 4 heteroatoms. The van der Waals surface area contributed by atoms with Crippen molar-refractivity contribution in [3.63, 3.8) is 0 Å². The first-order valence-corrected chi connectivity index (χ1v) is 4.56. The Kier molecular flexibility index (Phi) is 3.80. The van der Waals surface area contributed by atoms with Crippen LogP contribution in [0.25, 0.3) is 0 Å². The van der Waals surface area contributed by atoms with Crippen molar-refractivity contribution in [3.8, 4) is 0 Å². The van der Waals surface area contributed by atoms with Crippen molar-refractivity contribution in [1.29, 1.82) is 0 Å². The molecule has 0 saturated heterocycles. The summed E-state index contributed by atoms with van der Waals surface area (Å²) in [7, 11) is 1.52. The van der Waals surface area contributed by atoms with E-state index in [1.807, 2.05) is 0 Å². The third kappa shape index (κ3) is 2.76. The lowest BCUT2D eigenvalue weighted by Crippen LogP contribution is -2.09. The number of aliphatic carboxylic acids is 1. The zero-order chi connectivity index (χ0) is 11.4. The molecule has 0 fully saturated rings. The predicted molar refractivity (Wildman–Crippen MR) is 53.2 cm³/mol. The van der Waals surface area contributed by atoms with Crippen molar-refractivity contribution in [1.82, 2.24) is 0 Å². The lowest BCUT2D eigenvalue weighted by Gasteiger charge is -2.09. The SMILES string of the molecule is COCc1ccc(C(C)C(=O)O)c(F)c1. The number of carboxylic acid groups (broad SMARTS) is 1. The van der Waals surface area contributed by atoms with E-state index in [0.29, 0.717) is 12.2 Å². The first kappa shape index (κ1) is 11.7. The van der Waals surface area contributed by atoms with Gasteiger partial charge in [-0.1, -0.05) is 12.1 Å². The molecule has 1 atom stereocenters. The number of ether oxygens (including phenoxy) is 1. The number of methoxy groups -OCH3 is 1. The molecule has 0 saturated carbocycles. The summed E-state index contributed by atoms with van der Waals surface area (Å²) in [6.45, 7) is 1.77. The van der Waals surface area contributed by atoms with E-state index in [9.17, 15) is 9.18 Å². The maximum atomic E-state index is 13.5. The Morgan fingerprint density at radius 2 is 2.27 bits per heavy atom. The molecule has 0 aliphatic heterocycles. The van der Waals surface area contributed by atoms with Gasteiger partial charge in [-0.2, -0.15) is 0 Å². The molecule has 0 radical (unpaired) electrons. The molecule has 82 valence electrons. The first-order valence-electron chi connectivity index (χ1n) is 4.56. The van der Waals surface area contributed by atoms with Crippen LogP contribution in [0.4, 0.5) is 4.39 Å². The molecule has 0 amide bonds. The quantitative estimate of drug-likeness (QED) is 0.831. The molecule has 0 aromatic heterocycles. The minimum absolute atomic E-state index is 0.197. The Morgan fingerprint density at radius 1 is 1.60 bits per heavy atom. The van der Waals surface area contributed by atoms with Crippen molar-refractivity contribution < 1.29 is 19.0 Å². The van der Waals surface area contributed by atoms with E-state index in [2.05, 4.69) is 0 Å². The Morgan fingerprint density at radius 3 is 2.73 bits per heavy atom. The number of benzene rings is 1. The fraction of sp³-hybridized carbons (Fsp3) is 0.364. The maximum Gasteiger partial charge on any atom is 0.310 e. The third-order valence-corrected chi connectivity index (χ3v) is 2.21. The van der Waals surface area contributed by atoms with Crippen LogP contribution in [0, 0.1) is 5.82 Å². The Hall–Kier alpha value is -1.42. The van der Waals surface area contributed by atoms with E-state index in [4.69, 9.17) is 9.84 Å². The molecule has 1 rings (SSSR count). The van der Waals surface area contributed by atoms with Crippen LogP contribution in [0.5, 0.6) is 0 Å². The lowest BCUT2D eigenvalue weighted by molar-refractivity contribution is -0.138. The summed E-state index contributed by atoms with van der Waals surface area (Å²) in [6, 6.07) is 4.46. The largest absolute Gasteiger partial charge is 0.481 e. The normalized spacial score (nSPS) is 12.5. The average Bonchev–Trinajstić information content (AvgIpc) is 2.17. The van der Waals surface area contributed by atoms with Crippen LogP contribution in [-0.4, -0.2) is 18.2 Å². The molecule has 1 unspecified atom stereocenters. The van der Waals surface area contributed by atoms with E-state index in [1.165, 1.54) is 26.2 Å². The fourth-order valence-electron chi connectivity index (χ4n) is 1.31. The second-order valence-corrected chi connectivity index (χ2v) is 3.35. The second kappa shape index (κ2) is 4.89. The number of hydrogen-bond donors (Lipinski definition) is 1. The van der Waals surface area contributed by atoms with E-state index in [0.717, 1.165) is 0 Å². The molecule has 1 aromatic rings. The molecule has 0 bridgehead atoms. The van der Waals surface area contributed by atoms with Crippen molar-refractivity contribution in [2.45, 2.75) is 19.4 Å². The summed E-state index contributed by atoms with van der Waals surface area (Å²) in [4.78, 5) is 10.7. The molecular formula is C11H13FO3. The molecule has 1 N–H and O–H groups in total. The van der Waals surface area contributed by atoms with Gasteiger partial charge in [-0.25, -0.2) is 4.39 Å². The van der Waals surface area contributed by atoms with Gasteiger partial charge in [0.2, 0.25) is 0 Å². The Balaban J connectivity index is 2.97. The summed E-state index contributed by atoms with van der Waals surface area (Å²) in [5, 5.41) is 8.74. The Labute approximate surface area is 87.5 Å². The molecule has 15 heavy (non-hydrogen) atoms. The van der Waals surface area contributed by atoms with Crippen LogP contribution in [0.1, 0.15) is 24.0 Å². The second-order valence-electron chi connectivity index (χ2n) is 3.35. The lowest BCUT2D eigenvalue weighted by atomic mass is 9.99. The summed E-state index contributed by atoms with van der Waals surface area (Å²) < 4.78 is 18.3. The van der Waals surface area contributed by atoms with Crippen LogP contribution in [0.3, 0.4) is 0 Å². The summed E-state index contributed by atoms with van der Waals surface area (Å²) in [6.07, 6.45) is 0. The minimum Gasteiger partial charge on any atom is -0.481 e. The van der Waals surface area contributed by atoms with Crippen LogP contribution in [0.2, 0.25) is 0 Å². The first-order chi connectivity index (χ1) is 7.06. The van der Waals surface area contributed by atoms with Gasteiger partial charge in [0.1, 0.15) is 5.82 Å². The third-order valence-electron chi connectivity index (χ3n) is 2.21. The highest BCUT2D eigenvalue weighted by Crippen LogP contribution is 2.20. The van der Waals surface area contributed by atoms with Crippen molar-refractivity contribution in [2.24, 2.45) is 0 Å². The maximum absolute atomic E-state index is 13.5. The molecule has 0 aliphatic carbocycles. The van der Waals surface area contributed by atoms with Gasteiger partial charge in [-0.3, -0.25) is 4.79 Å². The van der Waals surface area contributed by atoms with Crippen LogP contribution in [-0.2, 0) is 16.1 Å². The number of rotatable bonds is 4. The molecule has 0 aliphatic rings. The molecule has 0 spiro atoms. The zero-order valence-electron chi connectivity index (χ0n) is 8.66. The smallest absolute Gasteiger partial charge is 0.310 e. The highest BCUT2D eigenvalue weighted by molar-refractivity contribution is 5.75. The van der Waals surface area contributed by atoms with E-state index >= 15 is 0 Å². The Bertz CT molecular complexity index is 363. The highest BCUT2D eigenvalue weighted by atomic mass is 19.1. The van der Waals surface area contributed by atoms with Crippen LogP contribution in [0.15, 0.2) is 18.2 Å². The van der Waals surface area contributed by atoms with Crippen molar-refractivity contribution in [3.05, 3.63) is 35.1 Å². The zero-order valence-corrected chi connectivity index (χ0v) is 8.66. The van der Waals surface area contributed by atoms with E-state index in [-0.39, 0.29) is 5.56 Å². The van der Waals surface area contributed by atoms with E-state index < -0.39 is 17.7 Å². The number of halogens is 1. The summed E-state index contributed by atoms with van der Waals surface area (Å²) >= 11 is 0. The predicted octanol–water partition coefficient (Wildman–Crippen LogP) is 2.16. The molecule has 3 nitrogen and oxygen atoms in total. The van der Waals surface area contributed by atoms with Crippen LogP contribution >= 0.6 is 0 Å².